The van der Waals surface area contributed by atoms with E-state index in [0.717, 1.165) is 5.56 Å². The number of nitrogens with zero attached hydrogens (tertiary/aromatic N) is 2. The Balaban J connectivity index is 2.18. The summed E-state index contributed by atoms with van der Waals surface area (Å²) in [5.74, 6) is 0.746. The topological polar surface area (TPSA) is 66.0 Å². The summed E-state index contributed by atoms with van der Waals surface area (Å²) >= 11 is 0. The van der Waals surface area contributed by atoms with Gasteiger partial charge >= 0.3 is 5.63 Å². The number of phenolic OH excluding ortho intramolecular Hbond substituents is 1. The lowest BCUT2D eigenvalue weighted by Crippen LogP contribution is -2.12. The molecule has 5 heteroatoms. The van der Waals surface area contributed by atoms with Gasteiger partial charge in [0.2, 0.25) is 0 Å². The van der Waals surface area contributed by atoms with E-state index in [9.17, 15) is 9.90 Å². The van der Waals surface area contributed by atoms with Crippen LogP contribution in [0.15, 0.2) is 50.7 Å². The van der Waals surface area contributed by atoms with E-state index in [1.165, 1.54) is 6.07 Å². The number of hydrogen-bond acceptors (Lipinski definition) is 5. The molecule has 98 valence electrons. The highest BCUT2D eigenvalue weighted by Gasteiger charge is 2.02. The summed E-state index contributed by atoms with van der Waals surface area (Å²) in [4.78, 5) is 11.3. The van der Waals surface area contributed by atoms with Crippen molar-refractivity contribution >= 4 is 11.9 Å². The van der Waals surface area contributed by atoms with Crippen molar-refractivity contribution in [3.05, 3.63) is 58.1 Å². The molecule has 0 fully saturated rings. The normalized spacial score (nSPS) is 10.8. The van der Waals surface area contributed by atoms with Crippen LogP contribution in [-0.2, 0) is 0 Å². The quantitative estimate of drug-likeness (QED) is 0.676. The maximum absolute atomic E-state index is 11.3. The molecule has 0 amide bonds. The first-order chi connectivity index (χ1) is 9.04. The summed E-state index contributed by atoms with van der Waals surface area (Å²) in [6.07, 6.45) is 1.64. The first-order valence-electron chi connectivity index (χ1n) is 5.73. The lowest BCUT2D eigenvalue weighted by molar-refractivity contribution is 0.475. The Morgan fingerprint density at radius 1 is 1.26 bits per heavy atom. The van der Waals surface area contributed by atoms with E-state index < -0.39 is 5.63 Å². The van der Waals surface area contributed by atoms with Gasteiger partial charge < -0.3 is 9.52 Å². The van der Waals surface area contributed by atoms with E-state index in [1.807, 2.05) is 0 Å². The predicted octanol–water partition coefficient (Wildman–Crippen LogP) is 2.12. The number of benzene rings is 1. The van der Waals surface area contributed by atoms with Crippen LogP contribution in [0, 0.1) is 6.92 Å². The molecule has 0 aliphatic rings. The minimum Gasteiger partial charge on any atom is -0.508 e. The summed E-state index contributed by atoms with van der Waals surface area (Å²) in [5.41, 5.74) is 1.11. The fraction of sp³-hybridized carbons (Fsp3) is 0.143. The van der Waals surface area contributed by atoms with E-state index in [2.05, 4.69) is 5.10 Å². The Labute approximate surface area is 110 Å². The second-order valence-electron chi connectivity index (χ2n) is 4.10. The molecule has 1 N–H and O–H groups in total. The van der Waals surface area contributed by atoms with Gasteiger partial charge in [-0.3, -0.25) is 5.01 Å². The summed E-state index contributed by atoms with van der Waals surface area (Å²) in [6.45, 7) is 1.71. The molecule has 1 heterocycles. The third kappa shape index (κ3) is 3.45. The molecule has 0 atom stereocenters. The average molecular weight is 258 g/mol. The molecule has 0 aliphatic heterocycles. The molecule has 5 nitrogen and oxygen atoms in total. The van der Waals surface area contributed by atoms with Crippen LogP contribution >= 0.6 is 0 Å². The Bertz CT molecular complexity index is 644. The summed E-state index contributed by atoms with van der Waals surface area (Å²) in [6, 6.07) is 9.77. The maximum atomic E-state index is 11.3. The van der Waals surface area contributed by atoms with Crippen molar-refractivity contribution < 1.29 is 9.52 Å². The summed E-state index contributed by atoms with van der Waals surface area (Å²) in [5, 5.41) is 15.0. The molecule has 0 spiro atoms. The molecule has 0 saturated heterocycles. The minimum absolute atomic E-state index is 0.210. The van der Waals surface area contributed by atoms with Crippen molar-refractivity contribution in [2.45, 2.75) is 6.92 Å². The van der Waals surface area contributed by atoms with E-state index in [0.29, 0.717) is 11.4 Å². The predicted molar refractivity (Wildman–Crippen MR) is 73.8 cm³/mol. The molecule has 2 aromatic rings. The monoisotopic (exact) mass is 258 g/mol. The smallest absolute Gasteiger partial charge is 0.337 e. The molecular weight excluding hydrogens is 244 g/mol. The number of hydrazone groups is 1. The maximum Gasteiger partial charge on any atom is 0.337 e. The fourth-order valence-corrected chi connectivity index (χ4v) is 1.56. The highest BCUT2D eigenvalue weighted by molar-refractivity contribution is 5.80. The van der Waals surface area contributed by atoms with Crippen LogP contribution < -0.4 is 10.6 Å². The highest BCUT2D eigenvalue weighted by atomic mass is 16.4. The van der Waals surface area contributed by atoms with Crippen molar-refractivity contribution in [2.24, 2.45) is 5.10 Å². The van der Waals surface area contributed by atoms with Gasteiger partial charge in [0.15, 0.2) is 0 Å². The number of hydrogen-bond donors (Lipinski definition) is 1. The molecule has 2 rings (SSSR count). The SMILES string of the molecule is Cc1cc(N(C)/N=C/c2ccc(O)cc2)cc(=O)o1. The zero-order valence-electron chi connectivity index (χ0n) is 10.7. The van der Waals surface area contributed by atoms with Crippen LogP contribution in [0.25, 0.3) is 0 Å². The third-order valence-electron chi connectivity index (χ3n) is 2.53. The Hall–Kier alpha value is -2.56. The molecule has 0 saturated carbocycles. The van der Waals surface area contributed by atoms with Gasteiger partial charge in [0.1, 0.15) is 11.5 Å². The summed E-state index contributed by atoms with van der Waals surface area (Å²) < 4.78 is 4.88. The minimum atomic E-state index is -0.401. The fourth-order valence-electron chi connectivity index (χ4n) is 1.56. The molecule has 19 heavy (non-hydrogen) atoms. The van der Waals surface area contributed by atoms with Crippen molar-refractivity contribution in [3.8, 4) is 5.75 Å². The van der Waals surface area contributed by atoms with E-state index in [4.69, 9.17) is 4.42 Å². The van der Waals surface area contributed by atoms with Crippen molar-refractivity contribution in [1.82, 2.24) is 0 Å². The lowest BCUT2D eigenvalue weighted by atomic mass is 10.2. The van der Waals surface area contributed by atoms with E-state index in [-0.39, 0.29) is 5.75 Å². The second kappa shape index (κ2) is 5.39. The van der Waals surface area contributed by atoms with Crippen LogP contribution in [0.1, 0.15) is 11.3 Å². The zero-order valence-corrected chi connectivity index (χ0v) is 10.7. The molecule has 0 unspecified atom stereocenters. The van der Waals surface area contributed by atoms with Gasteiger partial charge in [0.25, 0.3) is 0 Å². The Morgan fingerprint density at radius 3 is 2.58 bits per heavy atom. The third-order valence-corrected chi connectivity index (χ3v) is 2.53. The second-order valence-corrected chi connectivity index (χ2v) is 4.10. The van der Waals surface area contributed by atoms with Crippen molar-refractivity contribution in [3.63, 3.8) is 0 Å². The molecule has 0 radical (unpaired) electrons. The molecule has 1 aromatic heterocycles. The largest absolute Gasteiger partial charge is 0.508 e. The van der Waals surface area contributed by atoms with Gasteiger partial charge in [0.05, 0.1) is 11.9 Å². The van der Waals surface area contributed by atoms with Crippen LogP contribution in [-0.4, -0.2) is 18.4 Å². The van der Waals surface area contributed by atoms with Crippen molar-refractivity contribution in [1.29, 1.82) is 0 Å². The van der Waals surface area contributed by atoms with Gasteiger partial charge in [-0.1, -0.05) is 0 Å². The first-order valence-corrected chi connectivity index (χ1v) is 5.73. The number of rotatable bonds is 3. The standard InChI is InChI=1S/C14H14N2O3/c1-10-7-12(8-14(18)19-10)16(2)15-9-11-3-5-13(17)6-4-11/h3-9,17H,1-2H3/b15-9+. The lowest BCUT2D eigenvalue weighted by Gasteiger charge is -2.12. The first kappa shape index (κ1) is 12.9. The van der Waals surface area contributed by atoms with Crippen LogP contribution in [0.3, 0.4) is 0 Å². The van der Waals surface area contributed by atoms with E-state index in [1.54, 1.807) is 55.5 Å². The average Bonchev–Trinajstić information content (AvgIpc) is 2.36. The van der Waals surface area contributed by atoms with Gasteiger partial charge in [-0.25, -0.2) is 4.79 Å². The van der Waals surface area contributed by atoms with Gasteiger partial charge in [0, 0.05) is 19.2 Å². The molecule has 0 bridgehead atoms. The Kier molecular flexibility index (Phi) is 3.66. The van der Waals surface area contributed by atoms with Gasteiger partial charge in [-0.05, 0) is 36.8 Å². The zero-order chi connectivity index (χ0) is 13.8. The number of aromatic hydroxyl groups is 1. The summed E-state index contributed by atoms with van der Waals surface area (Å²) in [7, 11) is 1.74. The van der Waals surface area contributed by atoms with Gasteiger partial charge in [-0.2, -0.15) is 5.10 Å². The Morgan fingerprint density at radius 2 is 1.95 bits per heavy atom. The van der Waals surface area contributed by atoms with Crippen LogP contribution in [0.5, 0.6) is 5.75 Å². The van der Waals surface area contributed by atoms with Crippen LogP contribution in [0.4, 0.5) is 5.69 Å². The molecular formula is C14H14N2O3. The van der Waals surface area contributed by atoms with Crippen molar-refractivity contribution in [2.75, 3.05) is 12.1 Å². The molecule has 1 aromatic carbocycles. The number of aryl methyl sites for hydroxylation is 1. The number of anilines is 1. The molecule has 0 aliphatic carbocycles. The van der Waals surface area contributed by atoms with Crippen LogP contribution in [0.2, 0.25) is 0 Å². The highest BCUT2D eigenvalue weighted by Crippen LogP contribution is 2.12. The van der Waals surface area contributed by atoms with Gasteiger partial charge in [-0.15, -0.1) is 0 Å². The number of phenols is 1. The van der Waals surface area contributed by atoms with E-state index >= 15 is 0 Å².